The normalized spacial score (nSPS) is 11.5. The minimum absolute atomic E-state index is 0.0668. The molecule has 8 heteroatoms. The largest absolute Gasteiger partial charge is 0.435 e. The molecule has 0 aliphatic carbocycles. The van der Waals surface area contributed by atoms with E-state index in [4.69, 9.17) is 0 Å². The molecule has 0 unspecified atom stereocenters. The summed E-state index contributed by atoms with van der Waals surface area (Å²) >= 11 is 0. The summed E-state index contributed by atoms with van der Waals surface area (Å²) < 4.78 is 66.8. The first kappa shape index (κ1) is 18.7. The molecule has 0 N–H and O–H groups in total. The van der Waals surface area contributed by atoms with Gasteiger partial charge in [-0.1, -0.05) is 18.2 Å². The lowest BCUT2D eigenvalue weighted by atomic mass is 10.1. The maximum Gasteiger partial charge on any atom is 0.416 e. The first-order chi connectivity index (χ1) is 11.7. The highest BCUT2D eigenvalue weighted by Gasteiger charge is 2.30. The average molecular weight is 359 g/mol. The number of alkyl halides is 5. The standard InChI is InChI=1S/C17H14F5NO2/c1-23(10-11-4-2-6-13(8-11)17(20,21)22)15(24)12-5-3-7-14(9-12)25-16(18)19/h2-9,16H,10H2,1H3. The van der Waals surface area contributed by atoms with Crippen LogP contribution in [0, 0.1) is 0 Å². The van der Waals surface area contributed by atoms with Crippen LogP contribution in [0.25, 0.3) is 0 Å². The lowest BCUT2D eigenvalue weighted by Crippen LogP contribution is -2.26. The van der Waals surface area contributed by atoms with Gasteiger partial charge in [0.1, 0.15) is 5.75 Å². The molecule has 0 fully saturated rings. The Morgan fingerprint density at radius 1 is 1.12 bits per heavy atom. The Hall–Kier alpha value is -2.64. The Morgan fingerprint density at radius 2 is 1.80 bits per heavy atom. The van der Waals surface area contributed by atoms with E-state index in [9.17, 15) is 26.7 Å². The van der Waals surface area contributed by atoms with Crippen LogP contribution in [0.4, 0.5) is 22.0 Å². The van der Waals surface area contributed by atoms with Crippen molar-refractivity contribution in [3.05, 3.63) is 65.2 Å². The number of carbonyl (C=O) groups excluding carboxylic acids is 1. The van der Waals surface area contributed by atoms with Crippen molar-refractivity contribution in [2.45, 2.75) is 19.3 Å². The fourth-order valence-corrected chi connectivity index (χ4v) is 2.22. The summed E-state index contributed by atoms with van der Waals surface area (Å²) in [5.41, 5.74) is -0.420. The van der Waals surface area contributed by atoms with Gasteiger partial charge in [0.2, 0.25) is 0 Å². The number of hydrogen-bond donors (Lipinski definition) is 0. The van der Waals surface area contributed by atoms with Gasteiger partial charge in [0.25, 0.3) is 5.91 Å². The Bertz CT molecular complexity index is 746. The van der Waals surface area contributed by atoms with Gasteiger partial charge < -0.3 is 9.64 Å². The Labute approximate surface area is 140 Å². The summed E-state index contributed by atoms with van der Waals surface area (Å²) in [5.74, 6) is -0.703. The van der Waals surface area contributed by atoms with E-state index in [1.165, 1.54) is 42.3 Å². The number of hydrogen-bond acceptors (Lipinski definition) is 2. The van der Waals surface area contributed by atoms with Crippen LogP contribution in [0.15, 0.2) is 48.5 Å². The van der Waals surface area contributed by atoms with Crippen LogP contribution in [0.5, 0.6) is 5.75 Å². The molecule has 0 radical (unpaired) electrons. The molecule has 0 saturated heterocycles. The van der Waals surface area contributed by atoms with Crippen LogP contribution in [-0.4, -0.2) is 24.5 Å². The quantitative estimate of drug-likeness (QED) is 0.732. The highest BCUT2D eigenvalue weighted by atomic mass is 19.4. The third kappa shape index (κ3) is 5.17. The molecule has 2 rings (SSSR count). The monoisotopic (exact) mass is 359 g/mol. The van der Waals surface area contributed by atoms with Gasteiger partial charge in [0.15, 0.2) is 0 Å². The molecule has 0 heterocycles. The van der Waals surface area contributed by atoms with Gasteiger partial charge in [-0.3, -0.25) is 4.79 Å². The maximum absolute atomic E-state index is 12.7. The van der Waals surface area contributed by atoms with E-state index in [2.05, 4.69) is 4.74 Å². The number of rotatable bonds is 5. The number of benzene rings is 2. The minimum atomic E-state index is -4.47. The first-order valence-corrected chi connectivity index (χ1v) is 7.13. The molecule has 0 saturated carbocycles. The van der Waals surface area contributed by atoms with Gasteiger partial charge in [-0.05, 0) is 35.9 Å². The van der Waals surface area contributed by atoms with Gasteiger partial charge in [0.05, 0.1) is 5.56 Å². The van der Waals surface area contributed by atoms with Gasteiger partial charge in [-0.25, -0.2) is 0 Å². The van der Waals surface area contributed by atoms with E-state index in [1.807, 2.05) is 0 Å². The van der Waals surface area contributed by atoms with Crippen molar-refractivity contribution >= 4 is 5.91 Å². The summed E-state index contributed by atoms with van der Waals surface area (Å²) in [5, 5.41) is 0. The lowest BCUT2D eigenvalue weighted by Gasteiger charge is -2.18. The smallest absolute Gasteiger partial charge is 0.416 e. The molecule has 0 atom stereocenters. The second-order valence-electron chi connectivity index (χ2n) is 5.27. The Morgan fingerprint density at radius 3 is 2.44 bits per heavy atom. The minimum Gasteiger partial charge on any atom is -0.435 e. The van der Waals surface area contributed by atoms with Crippen molar-refractivity contribution < 1.29 is 31.5 Å². The van der Waals surface area contributed by atoms with Crippen molar-refractivity contribution in [1.29, 1.82) is 0 Å². The van der Waals surface area contributed by atoms with Crippen LogP contribution >= 0.6 is 0 Å². The maximum atomic E-state index is 12.7. The molecule has 1 amide bonds. The molecule has 0 spiro atoms. The lowest BCUT2D eigenvalue weighted by molar-refractivity contribution is -0.137. The SMILES string of the molecule is CN(Cc1cccc(C(F)(F)F)c1)C(=O)c1cccc(OC(F)F)c1. The molecule has 134 valence electrons. The van der Waals surface area contributed by atoms with E-state index in [-0.39, 0.29) is 17.9 Å². The Balaban J connectivity index is 2.13. The number of carbonyl (C=O) groups is 1. The van der Waals surface area contributed by atoms with Crippen molar-refractivity contribution in [3.8, 4) is 5.75 Å². The Kier molecular flexibility index (Phi) is 5.61. The van der Waals surface area contributed by atoms with Crippen LogP contribution in [0.1, 0.15) is 21.5 Å². The van der Waals surface area contributed by atoms with E-state index in [1.54, 1.807) is 0 Å². The number of halogens is 5. The third-order valence-electron chi connectivity index (χ3n) is 3.33. The zero-order chi connectivity index (χ0) is 18.6. The van der Waals surface area contributed by atoms with Crippen molar-refractivity contribution in [3.63, 3.8) is 0 Å². The fraction of sp³-hybridized carbons (Fsp3) is 0.235. The predicted octanol–water partition coefficient (Wildman–Crippen LogP) is 4.58. The summed E-state index contributed by atoms with van der Waals surface area (Å²) in [6.07, 6.45) is -4.47. The summed E-state index contributed by atoms with van der Waals surface area (Å²) in [4.78, 5) is 13.5. The topological polar surface area (TPSA) is 29.5 Å². The second kappa shape index (κ2) is 7.50. The summed E-state index contributed by atoms with van der Waals surface area (Å²) in [7, 11) is 1.41. The molecule has 25 heavy (non-hydrogen) atoms. The molecule has 0 aromatic heterocycles. The van der Waals surface area contributed by atoms with E-state index >= 15 is 0 Å². The second-order valence-corrected chi connectivity index (χ2v) is 5.27. The van der Waals surface area contributed by atoms with Crippen molar-refractivity contribution in [2.75, 3.05) is 7.05 Å². The third-order valence-corrected chi connectivity index (χ3v) is 3.33. The predicted molar refractivity (Wildman–Crippen MR) is 80.3 cm³/mol. The molecular weight excluding hydrogens is 345 g/mol. The molecule has 0 bridgehead atoms. The van der Waals surface area contributed by atoms with Gasteiger partial charge in [-0.2, -0.15) is 22.0 Å². The van der Waals surface area contributed by atoms with Gasteiger partial charge in [-0.15, -0.1) is 0 Å². The van der Waals surface area contributed by atoms with Crippen LogP contribution < -0.4 is 4.74 Å². The van der Waals surface area contributed by atoms with Crippen molar-refractivity contribution in [1.82, 2.24) is 4.90 Å². The van der Waals surface area contributed by atoms with Gasteiger partial charge in [0, 0.05) is 19.2 Å². The van der Waals surface area contributed by atoms with Crippen LogP contribution in [0.3, 0.4) is 0 Å². The molecule has 2 aromatic carbocycles. The van der Waals surface area contributed by atoms with Crippen LogP contribution in [0.2, 0.25) is 0 Å². The average Bonchev–Trinajstić information content (AvgIpc) is 2.53. The molecule has 0 aliphatic heterocycles. The first-order valence-electron chi connectivity index (χ1n) is 7.13. The number of amides is 1. The molecule has 2 aromatic rings. The highest BCUT2D eigenvalue weighted by Crippen LogP contribution is 2.29. The summed E-state index contributed by atoms with van der Waals surface area (Å²) in [6.45, 7) is -3.09. The fourth-order valence-electron chi connectivity index (χ4n) is 2.22. The summed E-state index contributed by atoms with van der Waals surface area (Å²) in [6, 6.07) is 9.83. The van der Waals surface area contributed by atoms with Gasteiger partial charge >= 0.3 is 12.8 Å². The van der Waals surface area contributed by atoms with Crippen molar-refractivity contribution in [2.24, 2.45) is 0 Å². The molecule has 3 nitrogen and oxygen atoms in total. The van der Waals surface area contributed by atoms with E-state index in [0.717, 1.165) is 18.2 Å². The van der Waals surface area contributed by atoms with E-state index in [0.29, 0.717) is 5.56 Å². The van der Waals surface area contributed by atoms with Crippen LogP contribution in [-0.2, 0) is 12.7 Å². The zero-order valence-electron chi connectivity index (χ0n) is 13.1. The molecular formula is C17H14F5NO2. The van der Waals surface area contributed by atoms with E-state index < -0.39 is 24.3 Å². The number of nitrogens with zero attached hydrogens (tertiary/aromatic N) is 1. The zero-order valence-corrected chi connectivity index (χ0v) is 13.1. The number of ether oxygens (including phenoxy) is 1. The highest BCUT2D eigenvalue weighted by molar-refractivity contribution is 5.94. The molecule has 0 aliphatic rings.